The Balaban J connectivity index is 1.33. The highest BCUT2D eigenvalue weighted by Crippen LogP contribution is 2.41. The van der Waals surface area contributed by atoms with E-state index >= 15 is 0 Å². The van der Waals surface area contributed by atoms with Crippen LogP contribution in [0.3, 0.4) is 0 Å². The average Bonchev–Trinajstić information content (AvgIpc) is 3.36. The first kappa shape index (κ1) is 34.0. The number of nitrogens with zero attached hydrogens (tertiary/aromatic N) is 3. The Kier molecular flexibility index (Phi) is 10.6. The predicted molar refractivity (Wildman–Crippen MR) is 190 cm³/mol. The highest BCUT2D eigenvalue weighted by Gasteiger charge is 2.51. The van der Waals surface area contributed by atoms with Crippen LogP contribution in [0.5, 0.6) is 0 Å². The fourth-order valence-corrected chi connectivity index (χ4v) is 6.27. The summed E-state index contributed by atoms with van der Waals surface area (Å²) in [6.07, 6.45) is 8.34. The molecule has 12 heteroatoms. The fourth-order valence-electron chi connectivity index (χ4n) is 5.14. The number of nitrogens with two attached hydrogens (primary N) is 1. The molecule has 0 aliphatic carbocycles. The van der Waals surface area contributed by atoms with Crippen molar-refractivity contribution in [1.29, 1.82) is 0 Å². The van der Waals surface area contributed by atoms with Crippen molar-refractivity contribution >= 4 is 80.1 Å². The first-order valence-electron chi connectivity index (χ1n) is 14.6. The molecule has 1 atom stereocenters. The molecule has 1 unspecified atom stereocenters. The third kappa shape index (κ3) is 6.88. The van der Waals surface area contributed by atoms with E-state index in [4.69, 9.17) is 33.7 Å². The van der Waals surface area contributed by atoms with Gasteiger partial charge in [-0.05, 0) is 74.0 Å². The number of allylic oxidation sites excluding steroid dienone is 3. The standard InChI is InChI=1S/C35H30BrCl2N5O4/c1-3-42(30(44)20-39)28-17-16-27(37)26(32(28)38)21-47-29-10-7-19-43(33(36)22(2)40-34(29)43)31(45)18-13-23-11-14-25(15-12-23)41-35(46)24-8-5-4-6-9-24/h4-19H,3,20-21,39H2,1-2H3/p+1. The number of amidine groups is 1. The zero-order chi connectivity index (χ0) is 33.7. The smallest absolute Gasteiger partial charge is 0.355 e. The molecule has 2 aliphatic heterocycles. The van der Waals surface area contributed by atoms with Gasteiger partial charge in [0, 0.05) is 50.4 Å². The number of carbonyl (C=O) groups is 3. The van der Waals surface area contributed by atoms with E-state index in [2.05, 4.69) is 26.2 Å². The van der Waals surface area contributed by atoms with Crippen molar-refractivity contribution in [3.8, 4) is 0 Å². The second-order valence-electron chi connectivity index (χ2n) is 10.5. The summed E-state index contributed by atoms with van der Waals surface area (Å²) in [4.78, 5) is 45.0. The number of hydrogen-bond donors (Lipinski definition) is 2. The van der Waals surface area contributed by atoms with Gasteiger partial charge in [-0.2, -0.15) is 4.99 Å². The molecule has 3 amide bonds. The van der Waals surface area contributed by atoms with Crippen molar-refractivity contribution in [3.05, 3.63) is 134 Å². The highest BCUT2D eigenvalue weighted by atomic mass is 79.9. The van der Waals surface area contributed by atoms with Crippen molar-refractivity contribution < 1.29 is 23.6 Å². The molecule has 240 valence electrons. The van der Waals surface area contributed by atoms with Gasteiger partial charge in [-0.3, -0.25) is 9.59 Å². The van der Waals surface area contributed by atoms with Gasteiger partial charge in [-0.15, -0.1) is 4.48 Å². The van der Waals surface area contributed by atoms with E-state index in [1.165, 1.54) is 11.0 Å². The second kappa shape index (κ2) is 14.6. The molecule has 3 aromatic rings. The number of carbonyl (C=O) groups excluding carboxylic acids is 3. The van der Waals surface area contributed by atoms with Gasteiger partial charge >= 0.3 is 5.91 Å². The molecule has 0 saturated heterocycles. The van der Waals surface area contributed by atoms with Gasteiger partial charge in [0.15, 0.2) is 0 Å². The van der Waals surface area contributed by atoms with Crippen molar-refractivity contribution in [1.82, 2.24) is 0 Å². The van der Waals surface area contributed by atoms with E-state index in [1.807, 2.05) is 25.1 Å². The number of halogens is 3. The van der Waals surface area contributed by atoms with E-state index in [0.29, 0.717) is 56.0 Å². The van der Waals surface area contributed by atoms with E-state index < -0.39 is 0 Å². The van der Waals surface area contributed by atoms with Crippen LogP contribution >= 0.6 is 39.1 Å². The zero-order valence-corrected chi connectivity index (χ0v) is 28.6. The van der Waals surface area contributed by atoms with Crippen molar-refractivity contribution in [2.45, 2.75) is 20.5 Å². The van der Waals surface area contributed by atoms with E-state index in [0.717, 1.165) is 5.56 Å². The number of benzene rings is 3. The number of ether oxygens (including phenoxy) is 1. The SMILES string of the molecule is CCN(C(=O)CN)c1ccc(Cl)c(COC2=CC=C[N+]3(C(=O)C=Cc4ccc(NC(=O)c5ccccc5)cc4)C2=NC(C)=C3Br)c1Cl. The third-order valence-corrected chi connectivity index (χ3v) is 9.49. The summed E-state index contributed by atoms with van der Waals surface area (Å²) in [7, 11) is 0. The van der Waals surface area contributed by atoms with Gasteiger partial charge < -0.3 is 20.7 Å². The van der Waals surface area contributed by atoms with Crippen molar-refractivity contribution in [3.63, 3.8) is 0 Å². The monoisotopic (exact) mass is 734 g/mol. The summed E-state index contributed by atoms with van der Waals surface area (Å²) >= 11 is 16.9. The maximum atomic E-state index is 13.9. The van der Waals surface area contributed by atoms with E-state index in [1.54, 1.807) is 79.9 Å². The molecule has 0 aromatic heterocycles. The Morgan fingerprint density at radius 3 is 2.47 bits per heavy atom. The van der Waals surface area contributed by atoms with Crippen LogP contribution in [-0.2, 0) is 20.9 Å². The molecule has 3 N–H and O–H groups in total. The molecule has 47 heavy (non-hydrogen) atoms. The lowest BCUT2D eigenvalue weighted by molar-refractivity contribution is -0.647. The average molecular weight is 736 g/mol. The predicted octanol–water partition coefficient (Wildman–Crippen LogP) is 7.54. The first-order chi connectivity index (χ1) is 22.6. The van der Waals surface area contributed by atoms with Gasteiger partial charge in [-0.1, -0.05) is 53.5 Å². The number of amides is 3. The number of likely N-dealkylation sites (N-methyl/N-ethyl adjacent to an activating group) is 1. The van der Waals surface area contributed by atoms with Crippen molar-refractivity contribution in [2.75, 3.05) is 23.3 Å². The van der Waals surface area contributed by atoms with E-state index in [9.17, 15) is 14.4 Å². The molecule has 2 heterocycles. The Morgan fingerprint density at radius 1 is 1.06 bits per heavy atom. The van der Waals surface area contributed by atoms with Gasteiger partial charge in [0.1, 0.15) is 18.5 Å². The topological polar surface area (TPSA) is 114 Å². The Hall–Kier alpha value is -4.32. The summed E-state index contributed by atoms with van der Waals surface area (Å²) < 4.78 is 6.41. The molecule has 2 aliphatic rings. The minimum atomic E-state index is -0.352. The Bertz CT molecular complexity index is 1890. The summed E-state index contributed by atoms with van der Waals surface area (Å²) in [6.45, 7) is 3.77. The number of rotatable bonds is 10. The molecule has 0 radical (unpaired) electrons. The Morgan fingerprint density at radius 2 is 1.79 bits per heavy atom. The van der Waals surface area contributed by atoms with E-state index in [-0.39, 0.29) is 40.4 Å². The number of quaternary nitrogens is 1. The van der Waals surface area contributed by atoms with Gasteiger partial charge in [0.2, 0.25) is 16.3 Å². The minimum absolute atomic E-state index is 0.0492. The van der Waals surface area contributed by atoms with Crippen LogP contribution in [0.15, 0.2) is 112 Å². The molecular formula is C35H31BrCl2N5O4+. The zero-order valence-electron chi connectivity index (χ0n) is 25.5. The van der Waals surface area contributed by atoms with Gasteiger partial charge in [0.25, 0.3) is 11.7 Å². The number of hydrogen-bond acceptors (Lipinski definition) is 6. The molecule has 0 saturated carbocycles. The van der Waals surface area contributed by atoms with Crippen LogP contribution in [0.2, 0.25) is 10.0 Å². The molecular weight excluding hydrogens is 705 g/mol. The molecule has 0 bridgehead atoms. The number of nitrogens with one attached hydrogen (secondary N) is 1. The lowest BCUT2D eigenvalue weighted by Crippen LogP contribution is -2.50. The van der Waals surface area contributed by atoms with Gasteiger partial charge in [-0.25, -0.2) is 4.79 Å². The Labute approximate surface area is 291 Å². The highest BCUT2D eigenvalue weighted by molar-refractivity contribution is 9.11. The maximum Gasteiger partial charge on any atom is 0.355 e. The fraction of sp³-hybridized carbons (Fsp3) is 0.143. The summed E-state index contributed by atoms with van der Waals surface area (Å²) in [5, 5.41) is 3.49. The van der Waals surface area contributed by atoms with Gasteiger partial charge in [0.05, 0.1) is 17.3 Å². The first-order valence-corrected chi connectivity index (χ1v) is 16.2. The molecule has 0 fully saturated rings. The normalized spacial score (nSPS) is 16.9. The maximum absolute atomic E-state index is 13.9. The lowest BCUT2D eigenvalue weighted by Gasteiger charge is -2.29. The second-order valence-corrected chi connectivity index (χ2v) is 12.0. The minimum Gasteiger partial charge on any atom is -0.481 e. The van der Waals surface area contributed by atoms with Crippen LogP contribution in [0.25, 0.3) is 6.08 Å². The molecule has 3 aromatic carbocycles. The quantitative estimate of drug-likeness (QED) is 0.127. The largest absolute Gasteiger partial charge is 0.481 e. The molecule has 0 spiro atoms. The number of aliphatic imine (C=N–C) groups is 1. The lowest BCUT2D eigenvalue weighted by atomic mass is 10.1. The summed E-state index contributed by atoms with van der Waals surface area (Å²) in [5.74, 6) is -0.0735. The summed E-state index contributed by atoms with van der Waals surface area (Å²) in [6, 6.07) is 19.4. The number of anilines is 2. The van der Waals surface area contributed by atoms with Crippen LogP contribution in [0, 0.1) is 0 Å². The third-order valence-electron chi connectivity index (χ3n) is 7.58. The van der Waals surface area contributed by atoms with Crippen LogP contribution in [0.4, 0.5) is 11.4 Å². The van der Waals surface area contributed by atoms with Crippen molar-refractivity contribution in [2.24, 2.45) is 10.7 Å². The summed E-state index contributed by atoms with van der Waals surface area (Å²) in [5.41, 5.74) is 9.10. The molecule has 9 nitrogen and oxygen atoms in total. The van der Waals surface area contributed by atoms with Crippen LogP contribution in [-0.4, -0.2) is 41.1 Å². The van der Waals surface area contributed by atoms with Crippen LogP contribution in [0.1, 0.15) is 35.3 Å². The van der Waals surface area contributed by atoms with Crippen LogP contribution < -0.4 is 16.0 Å². The molecule has 5 rings (SSSR count). The number of fused-ring (bicyclic) bond motifs is 1.